The molecule has 0 bridgehead atoms. The Morgan fingerprint density at radius 2 is 2.07 bits per heavy atom. The van der Waals surface area contributed by atoms with Crippen LogP contribution in [0.3, 0.4) is 0 Å². The van der Waals surface area contributed by atoms with E-state index in [0.29, 0.717) is 11.0 Å². The average Bonchev–Trinajstić information content (AvgIpc) is 2.62. The highest BCUT2D eigenvalue weighted by atomic mass is 32.1. The zero-order valence-electron chi connectivity index (χ0n) is 7.22. The summed E-state index contributed by atoms with van der Waals surface area (Å²) in [7, 11) is 1.26. The Morgan fingerprint density at radius 1 is 1.43 bits per heavy atom. The molecular weight excluding hydrogens is 204 g/mol. The van der Waals surface area contributed by atoms with E-state index in [-0.39, 0.29) is 11.3 Å². The van der Waals surface area contributed by atoms with E-state index in [2.05, 4.69) is 13.5 Å². The zero-order valence-corrected chi connectivity index (χ0v) is 8.04. The van der Waals surface area contributed by atoms with Crippen LogP contribution in [0.4, 0.5) is 0 Å². The van der Waals surface area contributed by atoms with E-state index in [0.717, 1.165) is 11.7 Å². The van der Waals surface area contributed by atoms with Gasteiger partial charge in [0.1, 0.15) is 22.3 Å². The van der Waals surface area contributed by atoms with Gasteiger partial charge in [-0.3, -0.25) is 0 Å². The van der Waals surface area contributed by atoms with E-state index in [1.54, 1.807) is 0 Å². The van der Waals surface area contributed by atoms with Gasteiger partial charge in [-0.1, -0.05) is 0 Å². The summed E-state index contributed by atoms with van der Waals surface area (Å²) in [5.74, 6) is -0.727. The van der Waals surface area contributed by atoms with Gasteiger partial charge in [0.05, 0.1) is 18.8 Å². The predicted molar refractivity (Wildman–Crippen MR) is 50.4 cm³/mol. The van der Waals surface area contributed by atoms with Crippen LogP contribution in [0.1, 0.15) is 10.4 Å². The molecule has 2 aromatic rings. The van der Waals surface area contributed by atoms with Crippen LogP contribution in [0.5, 0.6) is 5.75 Å². The fourth-order valence-corrected chi connectivity index (χ4v) is 1.60. The first kappa shape index (κ1) is 8.89. The van der Waals surface area contributed by atoms with Gasteiger partial charge in [0.15, 0.2) is 0 Å². The molecule has 0 aliphatic heterocycles. The highest BCUT2D eigenvalue weighted by molar-refractivity contribution is 7.00. The van der Waals surface area contributed by atoms with Crippen molar-refractivity contribution in [1.29, 1.82) is 0 Å². The number of ether oxygens (including phenoxy) is 1. The number of phenolic OH excluding ortho intramolecular Hbond substituents is 1. The molecule has 1 aromatic carbocycles. The van der Waals surface area contributed by atoms with Crippen LogP contribution in [-0.4, -0.2) is 26.9 Å². The number of esters is 1. The molecule has 1 aromatic heterocycles. The molecule has 0 aliphatic rings. The Kier molecular flexibility index (Phi) is 2.05. The van der Waals surface area contributed by atoms with Crippen LogP contribution in [-0.2, 0) is 4.74 Å². The van der Waals surface area contributed by atoms with Crippen molar-refractivity contribution in [2.24, 2.45) is 0 Å². The zero-order chi connectivity index (χ0) is 10.1. The molecule has 0 amide bonds. The molecule has 6 heteroatoms. The van der Waals surface area contributed by atoms with Crippen molar-refractivity contribution in [2.45, 2.75) is 0 Å². The molecule has 0 unspecified atom stereocenters. The van der Waals surface area contributed by atoms with Crippen molar-refractivity contribution < 1.29 is 14.6 Å². The van der Waals surface area contributed by atoms with Crippen LogP contribution >= 0.6 is 11.7 Å². The van der Waals surface area contributed by atoms with Gasteiger partial charge in [-0.25, -0.2) is 4.79 Å². The first-order valence-electron chi connectivity index (χ1n) is 3.76. The number of carbonyl (C=O) groups is 1. The summed E-state index contributed by atoms with van der Waals surface area (Å²) in [6.45, 7) is 0. The molecular formula is C8H6N2O3S. The molecule has 2 rings (SSSR count). The second-order valence-corrected chi connectivity index (χ2v) is 3.14. The van der Waals surface area contributed by atoms with Gasteiger partial charge >= 0.3 is 5.97 Å². The summed E-state index contributed by atoms with van der Waals surface area (Å²) < 4.78 is 12.4. The number of fused-ring (bicyclic) bond motifs is 1. The Bertz CT molecular complexity index is 494. The van der Waals surface area contributed by atoms with E-state index < -0.39 is 5.97 Å². The Balaban J connectivity index is 2.64. The molecule has 0 fully saturated rings. The van der Waals surface area contributed by atoms with E-state index in [1.807, 2.05) is 0 Å². The number of carbonyl (C=O) groups excluding carboxylic acids is 1. The topological polar surface area (TPSA) is 72.3 Å². The van der Waals surface area contributed by atoms with Crippen LogP contribution in [0.25, 0.3) is 11.0 Å². The molecule has 0 radical (unpaired) electrons. The molecule has 0 saturated carbocycles. The standard InChI is InChI=1S/C8H6N2O3S/c1-13-8(12)4-2-5-6(3-7(4)11)10-14-9-5/h2-3,11H,1H3. The average molecular weight is 210 g/mol. The lowest BCUT2D eigenvalue weighted by Crippen LogP contribution is -2.01. The minimum Gasteiger partial charge on any atom is -0.507 e. The predicted octanol–water partition coefficient (Wildman–Crippen LogP) is 1.18. The van der Waals surface area contributed by atoms with Gasteiger partial charge in [0.25, 0.3) is 0 Å². The number of aromatic hydroxyl groups is 1. The number of methoxy groups -OCH3 is 1. The third-order valence-corrected chi connectivity index (χ3v) is 2.33. The smallest absolute Gasteiger partial charge is 0.341 e. The van der Waals surface area contributed by atoms with Gasteiger partial charge in [-0.2, -0.15) is 8.75 Å². The summed E-state index contributed by atoms with van der Waals surface area (Å²) in [4.78, 5) is 11.2. The fourth-order valence-electron chi connectivity index (χ4n) is 1.09. The largest absolute Gasteiger partial charge is 0.507 e. The molecule has 72 valence electrons. The third-order valence-electron chi connectivity index (χ3n) is 1.78. The summed E-state index contributed by atoms with van der Waals surface area (Å²) in [6.07, 6.45) is 0. The number of rotatable bonds is 1. The SMILES string of the molecule is COC(=O)c1cc2nsnc2cc1O. The lowest BCUT2D eigenvalue weighted by atomic mass is 10.2. The van der Waals surface area contributed by atoms with Gasteiger partial charge in [-0.05, 0) is 6.07 Å². The fraction of sp³-hybridized carbons (Fsp3) is 0.125. The third kappa shape index (κ3) is 1.29. The van der Waals surface area contributed by atoms with Gasteiger partial charge in [0, 0.05) is 6.07 Å². The van der Waals surface area contributed by atoms with Crippen molar-refractivity contribution in [3.63, 3.8) is 0 Å². The first-order chi connectivity index (χ1) is 6.72. The van der Waals surface area contributed by atoms with Gasteiger partial charge in [0.2, 0.25) is 0 Å². The Labute approximate surface area is 83.3 Å². The Morgan fingerprint density at radius 3 is 2.71 bits per heavy atom. The number of nitrogens with zero attached hydrogens (tertiary/aromatic N) is 2. The lowest BCUT2D eigenvalue weighted by molar-refractivity contribution is 0.0597. The molecule has 0 saturated heterocycles. The van der Waals surface area contributed by atoms with E-state index in [1.165, 1.54) is 19.2 Å². The van der Waals surface area contributed by atoms with Crippen molar-refractivity contribution >= 4 is 28.7 Å². The van der Waals surface area contributed by atoms with E-state index in [4.69, 9.17) is 0 Å². The first-order valence-corrected chi connectivity index (χ1v) is 4.49. The minimum absolute atomic E-state index is 0.104. The number of hydrogen-bond donors (Lipinski definition) is 1. The lowest BCUT2D eigenvalue weighted by Gasteiger charge is -2.00. The van der Waals surface area contributed by atoms with Crippen molar-refractivity contribution in [1.82, 2.24) is 8.75 Å². The highest BCUT2D eigenvalue weighted by Gasteiger charge is 2.13. The normalized spacial score (nSPS) is 10.4. The summed E-state index contributed by atoms with van der Waals surface area (Å²) in [6, 6.07) is 2.85. The molecule has 14 heavy (non-hydrogen) atoms. The maximum absolute atomic E-state index is 11.2. The van der Waals surface area contributed by atoms with Crippen LogP contribution in [0.15, 0.2) is 12.1 Å². The number of phenols is 1. The van der Waals surface area contributed by atoms with Crippen molar-refractivity contribution in [3.8, 4) is 5.75 Å². The molecule has 0 atom stereocenters. The molecule has 1 N–H and O–H groups in total. The number of benzene rings is 1. The van der Waals surface area contributed by atoms with Crippen molar-refractivity contribution in [3.05, 3.63) is 17.7 Å². The van der Waals surface area contributed by atoms with Crippen LogP contribution in [0.2, 0.25) is 0 Å². The van der Waals surface area contributed by atoms with E-state index >= 15 is 0 Å². The molecule has 0 aliphatic carbocycles. The second-order valence-electron chi connectivity index (χ2n) is 2.61. The second kappa shape index (κ2) is 3.22. The summed E-state index contributed by atoms with van der Waals surface area (Å²) in [5.41, 5.74) is 1.25. The van der Waals surface area contributed by atoms with Crippen molar-refractivity contribution in [2.75, 3.05) is 7.11 Å². The number of aromatic nitrogens is 2. The molecule has 0 spiro atoms. The van der Waals surface area contributed by atoms with E-state index in [9.17, 15) is 9.90 Å². The Hall–Kier alpha value is -1.69. The highest BCUT2D eigenvalue weighted by Crippen LogP contribution is 2.24. The monoisotopic (exact) mass is 210 g/mol. The van der Waals surface area contributed by atoms with Crippen LogP contribution in [0, 0.1) is 0 Å². The van der Waals surface area contributed by atoms with Gasteiger partial charge in [-0.15, -0.1) is 0 Å². The summed E-state index contributed by atoms with van der Waals surface area (Å²) >= 11 is 1.03. The maximum atomic E-state index is 11.2. The maximum Gasteiger partial charge on any atom is 0.341 e. The summed E-state index contributed by atoms with van der Waals surface area (Å²) in [5, 5.41) is 9.46. The molecule has 1 heterocycles. The minimum atomic E-state index is -0.586. The van der Waals surface area contributed by atoms with Crippen LogP contribution < -0.4 is 0 Å². The number of hydrogen-bond acceptors (Lipinski definition) is 6. The van der Waals surface area contributed by atoms with Gasteiger partial charge < -0.3 is 9.84 Å². The quantitative estimate of drug-likeness (QED) is 0.715. The molecule has 5 nitrogen and oxygen atoms in total.